The van der Waals surface area contributed by atoms with Crippen LogP contribution in [0.3, 0.4) is 0 Å². The quantitative estimate of drug-likeness (QED) is 0.341. The van der Waals surface area contributed by atoms with Crippen LogP contribution < -0.4 is 10.9 Å². The average Bonchev–Trinajstić information content (AvgIpc) is 2.87. The van der Waals surface area contributed by atoms with Crippen molar-refractivity contribution in [2.45, 2.75) is 33.1 Å². The third-order valence-electron chi connectivity index (χ3n) is 5.65. The molecule has 8 nitrogen and oxygen atoms in total. The molecule has 1 aromatic heterocycles. The van der Waals surface area contributed by atoms with Crippen LogP contribution in [-0.4, -0.2) is 27.0 Å². The zero-order valence-electron chi connectivity index (χ0n) is 19.2. The number of ether oxygens (including phenoxy) is 1. The molecule has 0 fully saturated rings. The van der Waals surface area contributed by atoms with Gasteiger partial charge in [-0.3, -0.25) is 9.59 Å². The Kier molecular flexibility index (Phi) is 7.32. The Morgan fingerprint density at radius 1 is 0.943 bits per heavy atom. The largest absolute Gasteiger partial charge is 0.478 e. The highest BCUT2D eigenvalue weighted by molar-refractivity contribution is 5.93. The second-order valence-electron chi connectivity index (χ2n) is 8.07. The summed E-state index contributed by atoms with van der Waals surface area (Å²) in [6.07, 6.45) is 0.946. The summed E-state index contributed by atoms with van der Waals surface area (Å²) in [6.45, 7) is 2.81. The van der Waals surface area contributed by atoms with Gasteiger partial charge in [0.15, 0.2) is 5.82 Å². The molecule has 0 radical (unpaired) electrons. The minimum atomic E-state index is -0.987. The average molecular weight is 472 g/mol. The number of aryl methyl sites for hydroxylation is 1. The number of carbonyl (C=O) groups excluding carboxylic acids is 1. The highest BCUT2D eigenvalue weighted by atomic mass is 16.5. The molecule has 0 saturated heterocycles. The van der Waals surface area contributed by atoms with E-state index in [1.165, 1.54) is 17.7 Å². The first-order valence-corrected chi connectivity index (χ1v) is 11.2. The number of fused-ring (bicyclic) bond motifs is 1. The van der Waals surface area contributed by atoms with E-state index in [0.717, 1.165) is 17.5 Å². The van der Waals surface area contributed by atoms with Crippen molar-refractivity contribution in [3.05, 3.63) is 111 Å². The molecular weight excluding hydrogens is 446 g/mol. The van der Waals surface area contributed by atoms with Gasteiger partial charge in [0.2, 0.25) is 0 Å². The van der Waals surface area contributed by atoms with Crippen molar-refractivity contribution in [1.82, 2.24) is 15.3 Å². The lowest BCUT2D eigenvalue weighted by Gasteiger charge is -2.09. The molecule has 8 heteroatoms. The fourth-order valence-electron chi connectivity index (χ4n) is 3.67. The van der Waals surface area contributed by atoms with Gasteiger partial charge in [-0.25, -0.2) is 9.78 Å². The first-order chi connectivity index (χ1) is 16.9. The topological polar surface area (TPSA) is 121 Å². The van der Waals surface area contributed by atoms with Crippen molar-refractivity contribution in [3.63, 3.8) is 0 Å². The molecule has 0 bridgehead atoms. The molecule has 0 saturated carbocycles. The summed E-state index contributed by atoms with van der Waals surface area (Å²) >= 11 is 0. The van der Waals surface area contributed by atoms with Crippen LogP contribution in [-0.2, 0) is 30.9 Å². The van der Waals surface area contributed by atoms with E-state index in [9.17, 15) is 14.4 Å². The third kappa shape index (κ3) is 5.80. The van der Waals surface area contributed by atoms with Gasteiger partial charge in [0, 0.05) is 6.54 Å². The summed E-state index contributed by atoms with van der Waals surface area (Å²) in [4.78, 5) is 43.3. The van der Waals surface area contributed by atoms with Crippen LogP contribution in [0.4, 0.5) is 0 Å². The Morgan fingerprint density at radius 2 is 1.63 bits per heavy atom. The number of H-pyrrole nitrogens is 1. The number of amides is 1. The standard InChI is InChI=1S/C27H25N3O5/c1-2-17-6-8-18(9-7-17)14-28-26(32)24-29-22-5-3-4-21(23(22)25(31)30-24)16-35-15-19-10-12-20(13-11-19)27(33)34/h3-13H,2,14-16H2,1H3,(H,28,32)(H,33,34)(H,29,30,31). The minimum Gasteiger partial charge on any atom is -0.478 e. The van der Waals surface area contributed by atoms with Crippen LogP contribution >= 0.6 is 0 Å². The molecule has 0 spiro atoms. The molecule has 0 unspecified atom stereocenters. The van der Waals surface area contributed by atoms with E-state index in [1.807, 2.05) is 24.3 Å². The summed E-state index contributed by atoms with van der Waals surface area (Å²) < 4.78 is 5.74. The Morgan fingerprint density at radius 3 is 2.31 bits per heavy atom. The Labute approximate surface area is 201 Å². The summed E-state index contributed by atoms with van der Waals surface area (Å²) in [7, 11) is 0. The minimum absolute atomic E-state index is 0.0516. The van der Waals surface area contributed by atoms with Crippen LogP contribution in [0.5, 0.6) is 0 Å². The first kappa shape index (κ1) is 23.8. The highest BCUT2D eigenvalue weighted by Gasteiger charge is 2.14. The van der Waals surface area contributed by atoms with Crippen molar-refractivity contribution in [2.75, 3.05) is 0 Å². The number of hydrogen-bond donors (Lipinski definition) is 3. The van der Waals surface area contributed by atoms with Gasteiger partial charge in [0.25, 0.3) is 11.5 Å². The highest BCUT2D eigenvalue weighted by Crippen LogP contribution is 2.16. The van der Waals surface area contributed by atoms with E-state index in [1.54, 1.807) is 30.3 Å². The third-order valence-corrected chi connectivity index (χ3v) is 5.65. The van der Waals surface area contributed by atoms with Crippen LogP contribution in [0.15, 0.2) is 71.5 Å². The lowest BCUT2D eigenvalue weighted by molar-refractivity contribution is 0.0696. The fraction of sp³-hybridized carbons (Fsp3) is 0.185. The molecule has 0 atom stereocenters. The van der Waals surface area contributed by atoms with E-state index in [-0.39, 0.29) is 24.6 Å². The number of hydrogen-bond acceptors (Lipinski definition) is 5. The number of nitrogens with zero attached hydrogens (tertiary/aromatic N) is 1. The van der Waals surface area contributed by atoms with Gasteiger partial charge >= 0.3 is 5.97 Å². The second kappa shape index (κ2) is 10.8. The van der Waals surface area contributed by atoms with Crippen LogP contribution in [0.25, 0.3) is 10.9 Å². The number of carboxylic acids is 1. The van der Waals surface area contributed by atoms with Gasteiger partial charge in [0.1, 0.15) is 0 Å². The molecule has 4 rings (SSSR count). The summed E-state index contributed by atoms with van der Waals surface area (Å²) in [5, 5.41) is 12.1. The molecule has 1 amide bonds. The number of aromatic amines is 1. The normalized spacial score (nSPS) is 10.9. The Balaban J connectivity index is 1.43. The fourth-order valence-corrected chi connectivity index (χ4v) is 3.67. The molecule has 178 valence electrons. The summed E-state index contributed by atoms with van der Waals surface area (Å²) in [5.74, 6) is -1.50. The molecular formula is C27H25N3O5. The molecule has 0 aliphatic rings. The molecule has 3 N–H and O–H groups in total. The van der Waals surface area contributed by atoms with Crippen LogP contribution in [0, 0.1) is 0 Å². The number of nitrogens with one attached hydrogen (secondary N) is 2. The molecule has 0 aliphatic heterocycles. The molecule has 3 aromatic carbocycles. The van der Waals surface area contributed by atoms with Gasteiger partial charge < -0.3 is 20.1 Å². The van der Waals surface area contributed by atoms with Crippen molar-refractivity contribution < 1.29 is 19.4 Å². The monoisotopic (exact) mass is 471 g/mol. The zero-order chi connectivity index (χ0) is 24.8. The summed E-state index contributed by atoms with van der Waals surface area (Å²) in [6, 6.07) is 19.6. The predicted octanol–water partition coefficient (Wildman–Crippen LogP) is 3.83. The van der Waals surface area contributed by atoms with E-state index in [2.05, 4.69) is 22.2 Å². The van der Waals surface area contributed by atoms with E-state index in [4.69, 9.17) is 9.84 Å². The number of aromatic nitrogens is 2. The van der Waals surface area contributed by atoms with E-state index in [0.29, 0.717) is 23.0 Å². The molecule has 4 aromatic rings. The maximum atomic E-state index is 12.8. The Hall–Kier alpha value is -4.30. The number of benzene rings is 3. The zero-order valence-corrected chi connectivity index (χ0v) is 19.2. The van der Waals surface area contributed by atoms with Crippen molar-refractivity contribution in [3.8, 4) is 0 Å². The number of aromatic carboxylic acids is 1. The van der Waals surface area contributed by atoms with Crippen LogP contribution in [0.2, 0.25) is 0 Å². The van der Waals surface area contributed by atoms with Crippen LogP contribution in [0.1, 0.15) is 50.2 Å². The number of carboxylic acid groups (broad SMARTS) is 1. The van der Waals surface area contributed by atoms with E-state index >= 15 is 0 Å². The SMILES string of the molecule is CCc1ccc(CNC(=O)c2nc3cccc(COCc4ccc(C(=O)O)cc4)c3c(=O)[nH]2)cc1. The summed E-state index contributed by atoms with van der Waals surface area (Å²) in [5.41, 5.74) is 3.81. The maximum Gasteiger partial charge on any atom is 0.335 e. The van der Waals surface area contributed by atoms with Gasteiger partial charge in [-0.2, -0.15) is 0 Å². The van der Waals surface area contributed by atoms with Gasteiger partial charge in [-0.15, -0.1) is 0 Å². The molecule has 35 heavy (non-hydrogen) atoms. The van der Waals surface area contributed by atoms with E-state index < -0.39 is 17.4 Å². The second-order valence-corrected chi connectivity index (χ2v) is 8.07. The predicted molar refractivity (Wildman–Crippen MR) is 131 cm³/mol. The number of rotatable bonds is 9. The van der Waals surface area contributed by atoms with Crippen molar-refractivity contribution in [1.29, 1.82) is 0 Å². The maximum absolute atomic E-state index is 12.8. The Bertz CT molecular complexity index is 1410. The molecule has 1 heterocycles. The van der Waals surface area contributed by atoms with Gasteiger partial charge in [-0.05, 0) is 46.9 Å². The van der Waals surface area contributed by atoms with Crippen molar-refractivity contribution in [2.24, 2.45) is 0 Å². The van der Waals surface area contributed by atoms with Crippen molar-refractivity contribution >= 4 is 22.8 Å². The lowest BCUT2D eigenvalue weighted by Crippen LogP contribution is -2.27. The first-order valence-electron chi connectivity index (χ1n) is 11.2. The van der Waals surface area contributed by atoms with Gasteiger partial charge in [0.05, 0.1) is 29.7 Å². The lowest BCUT2D eigenvalue weighted by atomic mass is 10.1. The smallest absolute Gasteiger partial charge is 0.335 e. The van der Waals surface area contributed by atoms with Gasteiger partial charge in [-0.1, -0.05) is 55.5 Å². The molecule has 0 aliphatic carbocycles. The number of carbonyl (C=O) groups is 2.